The molecule has 0 spiro atoms. The third kappa shape index (κ3) is 4.78. The number of piperidine rings is 1. The first-order chi connectivity index (χ1) is 16.5. The summed E-state index contributed by atoms with van der Waals surface area (Å²) in [7, 11) is 0. The van der Waals surface area contributed by atoms with Crippen molar-refractivity contribution in [2.45, 2.75) is 38.8 Å². The first-order valence-electron chi connectivity index (χ1n) is 12.2. The van der Waals surface area contributed by atoms with Gasteiger partial charge in [0.15, 0.2) is 0 Å². The number of pyridine rings is 1. The average molecular weight is 481 g/mol. The monoisotopic (exact) mass is 480 g/mol. The predicted molar refractivity (Wildman–Crippen MR) is 142 cm³/mol. The van der Waals surface area contributed by atoms with E-state index < -0.39 is 6.17 Å². The van der Waals surface area contributed by atoms with Crippen molar-refractivity contribution in [2.24, 2.45) is 5.92 Å². The molecular weight excluding hydrogens is 447 g/mol. The van der Waals surface area contributed by atoms with E-state index in [0.29, 0.717) is 43.6 Å². The zero-order valence-electron chi connectivity index (χ0n) is 20.2. The topological polar surface area (TPSA) is 57.2 Å². The summed E-state index contributed by atoms with van der Waals surface area (Å²) in [5, 5.41) is 5.81. The fourth-order valence-electron chi connectivity index (χ4n) is 4.95. The molecule has 0 atom stereocenters. The van der Waals surface area contributed by atoms with E-state index in [1.165, 1.54) is 27.8 Å². The minimum absolute atomic E-state index is 0.413. The average Bonchev–Trinajstić information content (AvgIpc) is 2.81. The number of fused-ring (bicyclic) bond motifs is 1. The Morgan fingerprint density at radius 2 is 1.85 bits per heavy atom. The van der Waals surface area contributed by atoms with Crippen LogP contribution in [0.25, 0.3) is 10.8 Å². The van der Waals surface area contributed by atoms with Gasteiger partial charge in [0.05, 0.1) is 0 Å². The van der Waals surface area contributed by atoms with Gasteiger partial charge in [0.25, 0.3) is 0 Å². The third-order valence-electron chi connectivity index (χ3n) is 6.84. The molecule has 5 rings (SSSR count). The van der Waals surface area contributed by atoms with Crippen LogP contribution < -0.4 is 15.1 Å². The Hall–Kier alpha value is -2.61. The third-order valence-corrected chi connectivity index (χ3v) is 7.64. The maximum Gasteiger partial charge on any atom is 0.227 e. The number of hydrogen-bond acceptors (Lipinski definition) is 7. The lowest BCUT2D eigenvalue weighted by Gasteiger charge is -2.41. The van der Waals surface area contributed by atoms with Crippen molar-refractivity contribution >= 4 is 45.8 Å². The van der Waals surface area contributed by atoms with Crippen molar-refractivity contribution in [3.05, 3.63) is 42.2 Å². The second-order valence-corrected chi connectivity index (χ2v) is 10.6. The van der Waals surface area contributed by atoms with Crippen molar-refractivity contribution in [3.63, 3.8) is 0 Å². The van der Waals surface area contributed by atoms with E-state index in [1.54, 1.807) is 6.20 Å². The van der Waals surface area contributed by atoms with Gasteiger partial charge in [-0.25, -0.2) is 14.4 Å². The van der Waals surface area contributed by atoms with E-state index in [1.807, 2.05) is 24.0 Å². The maximum atomic E-state index is 13.5. The highest BCUT2D eigenvalue weighted by Gasteiger charge is 2.28. The molecule has 2 fully saturated rings. The first-order valence-corrected chi connectivity index (χ1v) is 13.6. The van der Waals surface area contributed by atoms with Crippen LogP contribution in [0, 0.1) is 5.92 Å². The zero-order valence-corrected chi connectivity index (χ0v) is 21.0. The standard InChI is InChI=1S/C26H33FN6S/c1-17(2)20-4-5-23(33-14-18(15-33)16-34-3)22-13-29-25(12-21(20)22)30-24-6-9-28-26(31-24)32-10-7-19(27)8-11-32/h4-6,9,12-13,17-19H,7-8,10-11,14-16H2,1-3H3,(H,28,29,30,31). The Morgan fingerprint density at radius 3 is 2.59 bits per heavy atom. The van der Waals surface area contributed by atoms with Crippen molar-refractivity contribution in [1.82, 2.24) is 15.0 Å². The molecule has 2 saturated heterocycles. The number of alkyl halides is 1. The number of hydrogen-bond donors (Lipinski definition) is 1. The van der Waals surface area contributed by atoms with Crippen LogP contribution in [0.5, 0.6) is 0 Å². The number of nitrogens with zero attached hydrogens (tertiary/aromatic N) is 5. The van der Waals surface area contributed by atoms with Crippen LogP contribution in [0.1, 0.15) is 38.2 Å². The molecule has 0 radical (unpaired) electrons. The molecular formula is C26H33FN6S. The fourth-order valence-corrected chi connectivity index (χ4v) is 5.63. The molecule has 1 N–H and O–H groups in total. The van der Waals surface area contributed by atoms with Gasteiger partial charge in [0, 0.05) is 55.6 Å². The first kappa shape index (κ1) is 23.1. The molecule has 0 bridgehead atoms. The number of halogens is 1. The molecule has 2 aromatic heterocycles. The van der Waals surface area contributed by atoms with E-state index in [4.69, 9.17) is 4.98 Å². The van der Waals surface area contributed by atoms with Gasteiger partial charge in [-0.2, -0.15) is 16.7 Å². The smallest absolute Gasteiger partial charge is 0.227 e. The van der Waals surface area contributed by atoms with Crippen LogP contribution in [-0.4, -0.2) is 59.3 Å². The molecule has 1 aromatic carbocycles. The Labute approximate surface area is 205 Å². The highest BCUT2D eigenvalue weighted by molar-refractivity contribution is 7.98. The fraction of sp³-hybridized carbons (Fsp3) is 0.500. The molecule has 3 aromatic rings. The zero-order chi connectivity index (χ0) is 23.7. The predicted octanol–water partition coefficient (Wildman–Crippen LogP) is 5.63. The Kier molecular flexibility index (Phi) is 6.77. The largest absolute Gasteiger partial charge is 0.370 e. The number of nitrogens with one attached hydrogen (secondary N) is 1. The van der Waals surface area contributed by atoms with Crippen molar-refractivity contribution < 1.29 is 4.39 Å². The molecule has 34 heavy (non-hydrogen) atoms. The summed E-state index contributed by atoms with van der Waals surface area (Å²) in [6.07, 6.45) is 6.27. The molecule has 6 nitrogen and oxygen atoms in total. The molecule has 4 heterocycles. The SMILES string of the molecule is CSCC1CN(c2ccc(C(C)C)c3cc(Nc4ccnc(N5CCC(F)CC5)n4)ncc23)C1. The number of rotatable bonds is 7. The molecule has 0 unspecified atom stereocenters. The van der Waals surface area contributed by atoms with Crippen LogP contribution in [0.3, 0.4) is 0 Å². The summed E-state index contributed by atoms with van der Waals surface area (Å²) in [5.74, 6) is 4.51. The summed E-state index contributed by atoms with van der Waals surface area (Å²) < 4.78 is 13.5. The molecule has 0 amide bonds. The number of thioether (sulfide) groups is 1. The van der Waals surface area contributed by atoms with Crippen LogP contribution >= 0.6 is 11.8 Å². The Morgan fingerprint density at radius 1 is 1.06 bits per heavy atom. The number of benzene rings is 1. The lowest BCUT2D eigenvalue weighted by atomic mass is 9.93. The summed E-state index contributed by atoms with van der Waals surface area (Å²) in [6, 6.07) is 8.52. The minimum Gasteiger partial charge on any atom is -0.370 e. The van der Waals surface area contributed by atoms with Crippen molar-refractivity contribution in [3.8, 4) is 0 Å². The highest BCUT2D eigenvalue weighted by atomic mass is 32.2. The van der Waals surface area contributed by atoms with E-state index in [0.717, 1.165) is 24.8 Å². The van der Waals surface area contributed by atoms with Gasteiger partial charge in [-0.1, -0.05) is 19.9 Å². The molecule has 8 heteroatoms. The summed E-state index contributed by atoms with van der Waals surface area (Å²) >= 11 is 1.93. The Balaban J connectivity index is 1.40. The maximum absolute atomic E-state index is 13.5. The lowest BCUT2D eigenvalue weighted by molar-refractivity contribution is 0.276. The second-order valence-electron chi connectivity index (χ2n) is 9.70. The lowest BCUT2D eigenvalue weighted by Crippen LogP contribution is -2.48. The van der Waals surface area contributed by atoms with Gasteiger partial charge >= 0.3 is 0 Å². The number of aromatic nitrogens is 3. The quantitative estimate of drug-likeness (QED) is 0.470. The molecule has 180 valence electrons. The molecule has 0 aliphatic carbocycles. The second kappa shape index (κ2) is 9.94. The van der Waals surface area contributed by atoms with E-state index in [2.05, 4.69) is 63.4 Å². The summed E-state index contributed by atoms with van der Waals surface area (Å²) in [5.41, 5.74) is 2.60. The van der Waals surface area contributed by atoms with E-state index in [9.17, 15) is 4.39 Å². The molecule has 0 saturated carbocycles. The van der Waals surface area contributed by atoms with Gasteiger partial charge in [-0.05, 0) is 59.9 Å². The Bertz CT molecular complexity index is 1140. The van der Waals surface area contributed by atoms with Gasteiger partial charge in [0.1, 0.15) is 17.8 Å². The van der Waals surface area contributed by atoms with Crippen LogP contribution in [0.15, 0.2) is 36.7 Å². The number of anilines is 4. The van der Waals surface area contributed by atoms with Crippen LogP contribution in [-0.2, 0) is 0 Å². The van der Waals surface area contributed by atoms with Gasteiger partial charge in [-0.15, -0.1) is 0 Å². The van der Waals surface area contributed by atoms with Gasteiger partial charge < -0.3 is 15.1 Å². The highest BCUT2D eigenvalue weighted by Crippen LogP contribution is 2.37. The van der Waals surface area contributed by atoms with Crippen molar-refractivity contribution in [1.29, 1.82) is 0 Å². The molecule has 2 aliphatic rings. The summed E-state index contributed by atoms with van der Waals surface area (Å²) in [4.78, 5) is 18.4. The van der Waals surface area contributed by atoms with Crippen LogP contribution in [0.2, 0.25) is 0 Å². The van der Waals surface area contributed by atoms with Crippen molar-refractivity contribution in [2.75, 3.05) is 53.3 Å². The minimum atomic E-state index is -0.716. The summed E-state index contributed by atoms with van der Waals surface area (Å²) in [6.45, 7) is 7.98. The van der Waals surface area contributed by atoms with E-state index in [-0.39, 0.29) is 0 Å². The van der Waals surface area contributed by atoms with Gasteiger partial charge in [-0.3, -0.25) is 0 Å². The van der Waals surface area contributed by atoms with Crippen LogP contribution in [0.4, 0.5) is 27.7 Å². The van der Waals surface area contributed by atoms with E-state index >= 15 is 0 Å². The molecule has 2 aliphatic heterocycles. The van der Waals surface area contributed by atoms with Gasteiger partial charge in [0.2, 0.25) is 5.95 Å². The normalized spacial score (nSPS) is 17.4.